The lowest BCUT2D eigenvalue weighted by molar-refractivity contribution is -0.141. The fraction of sp³-hybridized carbons (Fsp3) is 0.500. The molecule has 0 aromatic carbocycles. The first kappa shape index (κ1) is 10.7. The van der Waals surface area contributed by atoms with Crippen molar-refractivity contribution in [1.82, 2.24) is 5.32 Å². The van der Waals surface area contributed by atoms with Gasteiger partial charge in [-0.1, -0.05) is 5.57 Å². The average Bonchev–Trinajstić information content (AvgIpc) is 1.83. The maximum Gasteiger partial charge on any atom is 0.326 e. The molecule has 0 aromatic heterocycles. The highest BCUT2D eigenvalue weighted by molar-refractivity contribution is 5.82. The van der Waals surface area contributed by atoms with Crippen molar-refractivity contribution in [2.75, 3.05) is 0 Å². The maximum absolute atomic E-state index is 10.5. The Morgan fingerprint density at radius 3 is 2.25 bits per heavy atom. The number of carboxylic acid groups (broad SMARTS) is 1. The number of carbonyl (C=O) groups excluding carboxylic acids is 1. The summed E-state index contributed by atoms with van der Waals surface area (Å²) in [7, 11) is 0. The number of amides is 1. The van der Waals surface area contributed by atoms with E-state index in [2.05, 4.69) is 11.9 Å². The topological polar surface area (TPSA) is 66.4 Å². The van der Waals surface area contributed by atoms with Crippen LogP contribution in [0.4, 0.5) is 0 Å². The third-order valence-corrected chi connectivity index (χ3v) is 1.23. The lowest BCUT2D eigenvalue weighted by atomic mass is 10.1. The van der Waals surface area contributed by atoms with Gasteiger partial charge in [0.1, 0.15) is 6.04 Å². The van der Waals surface area contributed by atoms with Crippen LogP contribution in [0.3, 0.4) is 0 Å². The third-order valence-electron chi connectivity index (χ3n) is 1.23. The van der Waals surface area contributed by atoms with E-state index in [1.807, 2.05) is 0 Å². The maximum atomic E-state index is 10.5. The highest BCUT2D eigenvalue weighted by Gasteiger charge is 2.17. The quantitative estimate of drug-likeness (QED) is 0.607. The molecule has 0 aliphatic rings. The lowest BCUT2D eigenvalue weighted by Crippen LogP contribution is -2.39. The summed E-state index contributed by atoms with van der Waals surface area (Å²) < 4.78 is 0. The zero-order valence-electron chi connectivity index (χ0n) is 7.26. The second-order valence-corrected chi connectivity index (χ2v) is 2.75. The molecule has 12 heavy (non-hydrogen) atoms. The molecule has 0 aliphatic heterocycles. The predicted octanol–water partition coefficient (Wildman–Crippen LogP) is 0.542. The van der Waals surface area contributed by atoms with Gasteiger partial charge in [0.05, 0.1) is 0 Å². The van der Waals surface area contributed by atoms with Crippen molar-refractivity contribution in [3.63, 3.8) is 0 Å². The van der Waals surface area contributed by atoms with E-state index < -0.39 is 12.0 Å². The first-order chi connectivity index (χ1) is 5.43. The number of nitrogens with one attached hydrogen (secondary N) is 1. The van der Waals surface area contributed by atoms with Gasteiger partial charge in [0.2, 0.25) is 5.91 Å². The standard InChI is InChI=1S/C8H13NO3/c1-5(2)4-7(8(11)12)9-6(3)10/h7H,1,4H2,2-3H3,(H,9,10)(H,11,12)/t7-/m0/s1. The smallest absolute Gasteiger partial charge is 0.326 e. The third kappa shape index (κ3) is 4.49. The first-order valence-corrected chi connectivity index (χ1v) is 3.57. The lowest BCUT2D eigenvalue weighted by Gasteiger charge is -2.12. The van der Waals surface area contributed by atoms with Crippen LogP contribution in [-0.4, -0.2) is 23.0 Å². The first-order valence-electron chi connectivity index (χ1n) is 3.57. The predicted molar refractivity (Wildman–Crippen MR) is 44.7 cm³/mol. The SMILES string of the molecule is C=C(C)C[C@H](NC(C)=O)C(=O)O. The Balaban J connectivity index is 4.14. The zero-order chi connectivity index (χ0) is 9.72. The number of aliphatic carboxylic acids is 1. The van der Waals surface area contributed by atoms with Crippen molar-refractivity contribution in [2.24, 2.45) is 0 Å². The summed E-state index contributed by atoms with van der Waals surface area (Å²) in [6, 6.07) is -0.847. The van der Waals surface area contributed by atoms with Crippen LogP contribution in [0.1, 0.15) is 20.3 Å². The fourth-order valence-corrected chi connectivity index (χ4v) is 0.794. The minimum Gasteiger partial charge on any atom is -0.480 e. The van der Waals surface area contributed by atoms with E-state index in [4.69, 9.17) is 5.11 Å². The number of rotatable bonds is 4. The van der Waals surface area contributed by atoms with Crippen LogP contribution in [-0.2, 0) is 9.59 Å². The number of hydrogen-bond acceptors (Lipinski definition) is 2. The molecular weight excluding hydrogens is 158 g/mol. The molecule has 4 heteroatoms. The van der Waals surface area contributed by atoms with Gasteiger partial charge in [-0.2, -0.15) is 0 Å². The van der Waals surface area contributed by atoms with E-state index in [1.54, 1.807) is 6.92 Å². The van der Waals surface area contributed by atoms with Gasteiger partial charge in [0.25, 0.3) is 0 Å². The van der Waals surface area contributed by atoms with Crippen LogP contribution >= 0.6 is 0 Å². The summed E-state index contributed by atoms with van der Waals surface area (Å²) in [5, 5.41) is 10.9. The van der Waals surface area contributed by atoms with Gasteiger partial charge >= 0.3 is 5.97 Å². The Labute approximate surface area is 71.3 Å². The molecule has 2 N–H and O–H groups in total. The Bertz CT molecular complexity index is 194. The van der Waals surface area contributed by atoms with E-state index in [-0.39, 0.29) is 12.3 Å². The van der Waals surface area contributed by atoms with E-state index in [9.17, 15) is 9.59 Å². The van der Waals surface area contributed by atoms with E-state index >= 15 is 0 Å². The van der Waals surface area contributed by atoms with Gasteiger partial charge < -0.3 is 10.4 Å². The summed E-state index contributed by atoms with van der Waals surface area (Å²) in [6.07, 6.45) is 0.273. The van der Waals surface area contributed by atoms with E-state index in [0.717, 1.165) is 5.57 Å². The monoisotopic (exact) mass is 171 g/mol. The number of carboxylic acids is 1. The van der Waals surface area contributed by atoms with Gasteiger partial charge in [-0.05, 0) is 13.3 Å². The highest BCUT2D eigenvalue weighted by Crippen LogP contribution is 2.01. The summed E-state index contributed by atoms with van der Waals surface area (Å²) in [5.41, 5.74) is 0.733. The van der Waals surface area contributed by atoms with Crippen molar-refractivity contribution >= 4 is 11.9 Å². The molecule has 0 aliphatic carbocycles. The van der Waals surface area contributed by atoms with E-state index in [1.165, 1.54) is 6.92 Å². The summed E-state index contributed by atoms with van der Waals surface area (Å²) in [5.74, 6) is -1.38. The average molecular weight is 171 g/mol. The summed E-state index contributed by atoms with van der Waals surface area (Å²) in [4.78, 5) is 21.1. The second kappa shape index (κ2) is 4.54. The molecule has 68 valence electrons. The second-order valence-electron chi connectivity index (χ2n) is 2.75. The van der Waals surface area contributed by atoms with Gasteiger partial charge in [0.15, 0.2) is 0 Å². The molecule has 0 aromatic rings. The van der Waals surface area contributed by atoms with Crippen LogP contribution in [0.15, 0.2) is 12.2 Å². The number of hydrogen-bond donors (Lipinski definition) is 2. The Hall–Kier alpha value is -1.32. The van der Waals surface area contributed by atoms with Gasteiger partial charge in [-0.15, -0.1) is 6.58 Å². The van der Waals surface area contributed by atoms with Crippen molar-refractivity contribution < 1.29 is 14.7 Å². The Morgan fingerprint density at radius 2 is 2.00 bits per heavy atom. The van der Waals surface area contributed by atoms with Gasteiger partial charge in [0, 0.05) is 6.92 Å². The van der Waals surface area contributed by atoms with Gasteiger partial charge in [-0.25, -0.2) is 4.79 Å². The van der Waals surface area contributed by atoms with E-state index in [0.29, 0.717) is 0 Å². The fourth-order valence-electron chi connectivity index (χ4n) is 0.794. The zero-order valence-corrected chi connectivity index (χ0v) is 7.26. The van der Waals surface area contributed by atoms with Gasteiger partial charge in [-0.3, -0.25) is 4.79 Å². The molecule has 0 bridgehead atoms. The molecule has 0 fully saturated rings. The van der Waals surface area contributed by atoms with Crippen molar-refractivity contribution in [3.8, 4) is 0 Å². The summed E-state index contributed by atoms with van der Waals surface area (Å²) >= 11 is 0. The van der Waals surface area contributed by atoms with Crippen molar-refractivity contribution in [2.45, 2.75) is 26.3 Å². The highest BCUT2D eigenvalue weighted by atomic mass is 16.4. The Morgan fingerprint density at radius 1 is 1.50 bits per heavy atom. The Kier molecular flexibility index (Phi) is 4.04. The molecular formula is C8H13NO3. The molecule has 0 spiro atoms. The van der Waals surface area contributed by atoms with Crippen LogP contribution in [0.5, 0.6) is 0 Å². The van der Waals surface area contributed by atoms with Crippen LogP contribution < -0.4 is 5.32 Å². The van der Waals surface area contributed by atoms with Crippen LogP contribution in [0, 0.1) is 0 Å². The summed E-state index contributed by atoms with van der Waals surface area (Å²) in [6.45, 7) is 6.58. The van der Waals surface area contributed by atoms with Crippen molar-refractivity contribution in [1.29, 1.82) is 0 Å². The molecule has 0 heterocycles. The normalized spacial score (nSPS) is 11.8. The van der Waals surface area contributed by atoms with Crippen LogP contribution in [0.25, 0.3) is 0 Å². The molecule has 4 nitrogen and oxygen atoms in total. The molecule has 0 unspecified atom stereocenters. The van der Waals surface area contributed by atoms with Crippen LogP contribution in [0.2, 0.25) is 0 Å². The molecule has 0 saturated heterocycles. The molecule has 0 rings (SSSR count). The molecule has 0 saturated carbocycles. The number of carbonyl (C=O) groups is 2. The largest absolute Gasteiger partial charge is 0.480 e. The van der Waals surface area contributed by atoms with Crippen molar-refractivity contribution in [3.05, 3.63) is 12.2 Å². The molecule has 0 radical (unpaired) electrons. The molecule has 1 atom stereocenters. The minimum atomic E-state index is -1.03. The molecule has 1 amide bonds. The minimum absolute atomic E-state index is 0.273.